The lowest BCUT2D eigenvalue weighted by atomic mass is 10.0. The van der Waals surface area contributed by atoms with E-state index in [2.05, 4.69) is 4.90 Å². The molecule has 0 spiro atoms. The van der Waals surface area contributed by atoms with Crippen LogP contribution in [0, 0.1) is 25.7 Å². The van der Waals surface area contributed by atoms with E-state index in [9.17, 15) is 14.4 Å². The van der Waals surface area contributed by atoms with Gasteiger partial charge in [0.2, 0.25) is 5.91 Å². The van der Waals surface area contributed by atoms with Crippen LogP contribution in [-0.4, -0.2) is 91.1 Å². The van der Waals surface area contributed by atoms with Crippen LogP contribution in [0.1, 0.15) is 47.9 Å². The van der Waals surface area contributed by atoms with Gasteiger partial charge in [-0.05, 0) is 62.4 Å². The maximum absolute atomic E-state index is 13.5. The highest BCUT2D eigenvalue weighted by molar-refractivity contribution is 6.31. The molecule has 1 aromatic heterocycles. The number of amides is 3. The number of likely N-dealkylation sites (tertiary alicyclic amines) is 3. The van der Waals surface area contributed by atoms with Crippen molar-refractivity contribution in [2.75, 3.05) is 57.3 Å². The molecule has 0 radical (unpaired) electrons. The monoisotopic (exact) mass is 646 g/mol. The standard InChI is InChI=1S/C36H43ClN4O5/c1-24-10-11-30(18-33(24)37)41(36(44)46-31-12-16-39(17-13-31)26(3)42)15-7-14-38-20-28-22-40(23-29(28)21-38)35(43)32-19-34(45-25(32)2)27-8-5-4-6-9-27/h4-6,8-11,18-19,28-29,31H,7,12-17,20-23H2,1-3H3. The second-order valence-electron chi connectivity index (χ2n) is 13.0. The number of ether oxygens (including phenoxy) is 1. The van der Waals surface area contributed by atoms with Gasteiger partial charge >= 0.3 is 6.09 Å². The minimum Gasteiger partial charge on any atom is -0.461 e. The van der Waals surface area contributed by atoms with E-state index in [0.717, 1.165) is 61.7 Å². The summed E-state index contributed by atoms with van der Waals surface area (Å²) < 4.78 is 11.9. The third-order valence-corrected chi connectivity index (χ3v) is 10.2. The summed E-state index contributed by atoms with van der Waals surface area (Å²) in [5.41, 5.74) is 3.28. The first-order chi connectivity index (χ1) is 22.2. The third-order valence-electron chi connectivity index (χ3n) is 9.75. The molecular weight excluding hydrogens is 604 g/mol. The van der Waals surface area contributed by atoms with Crippen LogP contribution < -0.4 is 4.90 Å². The van der Waals surface area contributed by atoms with Crippen LogP contribution in [0.4, 0.5) is 10.5 Å². The summed E-state index contributed by atoms with van der Waals surface area (Å²) in [4.78, 5) is 46.6. The van der Waals surface area contributed by atoms with Crippen molar-refractivity contribution in [2.24, 2.45) is 11.8 Å². The number of carbonyl (C=O) groups is 3. The third kappa shape index (κ3) is 7.10. The summed E-state index contributed by atoms with van der Waals surface area (Å²) in [5, 5.41) is 0.610. The maximum Gasteiger partial charge on any atom is 0.414 e. The number of piperidine rings is 1. The fourth-order valence-corrected chi connectivity index (χ4v) is 7.25. The van der Waals surface area contributed by atoms with E-state index in [-0.39, 0.29) is 24.0 Å². The number of furan rings is 1. The molecule has 2 atom stereocenters. The summed E-state index contributed by atoms with van der Waals surface area (Å²) in [6.45, 7) is 11.3. The molecular formula is C36H43ClN4O5. The highest BCUT2D eigenvalue weighted by atomic mass is 35.5. The number of carbonyl (C=O) groups excluding carboxylic acids is 3. The fourth-order valence-electron chi connectivity index (χ4n) is 7.07. The van der Waals surface area contributed by atoms with Crippen molar-refractivity contribution in [1.29, 1.82) is 0 Å². The number of hydrogen-bond donors (Lipinski definition) is 0. The van der Waals surface area contributed by atoms with E-state index >= 15 is 0 Å². The molecule has 2 aromatic carbocycles. The Morgan fingerprint density at radius 3 is 2.28 bits per heavy atom. The molecule has 3 aliphatic heterocycles. The Kier molecular flexibility index (Phi) is 9.70. The van der Waals surface area contributed by atoms with E-state index in [1.165, 1.54) is 0 Å². The first-order valence-corrected chi connectivity index (χ1v) is 16.7. The van der Waals surface area contributed by atoms with Crippen molar-refractivity contribution >= 4 is 35.2 Å². The van der Waals surface area contributed by atoms with Crippen molar-refractivity contribution in [2.45, 2.75) is 46.1 Å². The lowest BCUT2D eigenvalue weighted by Crippen LogP contribution is -2.43. The first kappa shape index (κ1) is 32.1. The molecule has 3 fully saturated rings. The molecule has 2 unspecified atom stereocenters. The second kappa shape index (κ2) is 13.9. The zero-order chi connectivity index (χ0) is 32.4. The van der Waals surface area contributed by atoms with Gasteiger partial charge in [-0.1, -0.05) is 48.0 Å². The van der Waals surface area contributed by atoms with E-state index in [1.54, 1.807) is 16.7 Å². The van der Waals surface area contributed by atoms with Crippen LogP contribution in [0.2, 0.25) is 5.02 Å². The Morgan fingerprint density at radius 2 is 1.63 bits per heavy atom. The van der Waals surface area contributed by atoms with Crippen LogP contribution in [0.15, 0.2) is 59.0 Å². The Morgan fingerprint density at radius 1 is 0.935 bits per heavy atom. The number of fused-ring (bicyclic) bond motifs is 1. The summed E-state index contributed by atoms with van der Waals surface area (Å²) in [5.74, 6) is 2.34. The normalized spacial score (nSPS) is 20.2. The number of halogens is 1. The Bertz CT molecular complexity index is 1550. The molecule has 9 nitrogen and oxygen atoms in total. The van der Waals surface area contributed by atoms with E-state index in [4.69, 9.17) is 20.8 Å². The minimum absolute atomic E-state index is 0.0438. The molecule has 6 rings (SSSR count). The predicted octanol–water partition coefficient (Wildman–Crippen LogP) is 6.26. The predicted molar refractivity (Wildman–Crippen MR) is 178 cm³/mol. The van der Waals surface area contributed by atoms with Gasteiger partial charge in [0.15, 0.2) is 0 Å². The lowest BCUT2D eigenvalue weighted by Gasteiger charge is -2.32. The average Bonchev–Trinajstić information content (AvgIpc) is 3.74. The van der Waals surface area contributed by atoms with Crippen LogP contribution >= 0.6 is 11.6 Å². The SMILES string of the molecule is CC(=O)N1CCC(OC(=O)N(CCCN2CC3CN(C(=O)c4cc(-c5ccccc5)oc4C)CC3C2)c2ccc(C)c(Cl)c2)CC1. The number of rotatable bonds is 8. The van der Waals surface area contributed by atoms with Gasteiger partial charge in [-0.15, -0.1) is 0 Å². The van der Waals surface area contributed by atoms with E-state index in [1.807, 2.05) is 73.3 Å². The van der Waals surface area contributed by atoms with Gasteiger partial charge in [0.05, 0.1) is 5.56 Å². The van der Waals surface area contributed by atoms with Crippen LogP contribution in [0.5, 0.6) is 0 Å². The number of benzene rings is 2. The Hall–Kier alpha value is -3.82. The molecule has 0 saturated carbocycles. The molecule has 0 bridgehead atoms. The second-order valence-corrected chi connectivity index (χ2v) is 13.4. The smallest absolute Gasteiger partial charge is 0.414 e. The topological polar surface area (TPSA) is 86.5 Å². The number of nitrogens with zero attached hydrogens (tertiary/aromatic N) is 4. The van der Waals surface area contributed by atoms with Gasteiger partial charge in [0, 0.05) is 81.9 Å². The molecule has 10 heteroatoms. The summed E-state index contributed by atoms with van der Waals surface area (Å²) in [6, 6.07) is 17.4. The summed E-state index contributed by atoms with van der Waals surface area (Å²) in [7, 11) is 0. The molecule has 46 heavy (non-hydrogen) atoms. The van der Waals surface area contributed by atoms with Crippen molar-refractivity contribution in [3.05, 3.63) is 76.5 Å². The maximum atomic E-state index is 13.5. The average molecular weight is 647 g/mol. The molecule has 3 aliphatic rings. The molecule has 0 aliphatic carbocycles. The zero-order valence-electron chi connectivity index (χ0n) is 26.9. The number of hydrogen-bond acceptors (Lipinski definition) is 6. The molecule has 3 aromatic rings. The van der Waals surface area contributed by atoms with Gasteiger partial charge in [0.25, 0.3) is 5.91 Å². The van der Waals surface area contributed by atoms with Crippen molar-refractivity contribution in [3.8, 4) is 11.3 Å². The summed E-state index contributed by atoms with van der Waals surface area (Å²) in [6.07, 6.45) is 1.46. The van der Waals surface area contributed by atoms with Crippen molar-refractivity contribution in [1.82, 2.24) is 14.7 Å². The van der Waals surface area contributed by atoms with Gasteiger partial charge in [-0.3, -0.25) is 14.5 Å². The van der Waals surface area contributed by atoms with Gasteiger partial charge in [-0.2, -0.15) is 0 Å². The largest absolute Gasteiger partial charge is 0.461 e. The molecule has 3 amide bonds. The van der Waals surface area contributed by atoms with Crippen LogP contribution in [-0.2, 0) is 9.53 Å². The molecule has 4 heterocycles. The highest BCUT2D eigenvalue weighted by Crippen LogP contribution is 2.34. The number of aryl methyl sites for hydroxylation is 2. The van der Waals surface area contributed by atoms with Crippen molar-refractivity contribution in [3.63, 3.8) is 0 Å². The first-order valence-electron chi connectivity index (χ1n) is 16.3. The van der Waals surface area contributed by atoms with Crippen LogP contribution in [0.25, 0.3) is 11.3 Å². The van der Waals surface area contributed by atoms with E-state index < -0.39 is 0 Å². The summed E-state index contributed by atoms with van der Waals surface area (Å²) >= 11 is 6.45. The molecule has 3 saturated heterocycles. The highest BCUT2D eigenvalue weighted by Gasteiger charge is 2.42. The zero-order valence-corrected chi connectivity index (χ0v) is 27.7. The number of anilines is 1. The quantitative estimate of drug-likeness (QED) is 0.287. The van der Waals surface area contributed by atoms with Gasteiger partial charge in [0.1, 0.15) is 17.6 Å². The Labute approximate surface area is 276 Å². The molecule has 0 N–H and O–H groups in total. The van der Waals surface area contributed by atoms with Crippen molar-refractivity contribution < 1.29 is 23.5 Å². The Balaban J connectivity index is 1.02. The molecule has 244 valence electrons. The van der Waals surface area contributed by atoms with Gasteiger partial charge in [-0.25, -0.2) is 4.79 Å². The fraction of sp³-hybridized carbons (Fsp3) is 0.472. The minimum atomic E-state index is -0.376. The van der Waals surface area contributed by atoms with E-state index in [0.29, 0.717) is 60.7 Å². The van der Waals surface area contributed by atoms with Crippen LogP contribution in [0.3, 0.4) is 0 Å². The lowest BCUT2D eigenvalue weighted by molar-refractivity contribution is -0.130. The van der Waals surface area contributed by atoms with Gasteiger partial charge < -0.3 is 23.9 Å².